The number of halogens is 1. The van der Waals surface area contributed by atoms with Gasteiger partial charge in [0.2, 0.25) is 0 Å². The van der Waals surface area contributed by atoms with Crippen molar-refractivity contribution in [3.05, 3.63) is 29.3 Å². The monoisotopic (exact) mass is 358 g/mol. The molecular weight excluding hydrogens is 349 g/mol. The Morgan fingerprint density at radius 1 is 1.19 bits per heavy atom. The fourth-order valence-corrected chi connectivity index (χ4v) is 3.16. The Morgan fingerprint density at radius 2 is 1.94 bits per heavy atom. The topological polar surface area (TPSA) is 53.4 Å². The van der Waals surface area contributed by atoms with Gasteiger partial charge in [-0.05, 0) is 0 Å². The second-order valence-electron chi connectivity index (χ2n) is 3.02. The molecule has 0 aliphatic rings. The van der Waals surface area contributed by atoms with Crippen molar-refractivity contribution < 1.29 is 0 Å². The van der Waals surface area contributed by atoms with Crippen molar-refractivity contribution in [2.24, 2.45) is 10.2 Å². The summed E-state index contributed by atoms with van der Waals surface area (Å²) in [7, 11) is 0. The summed E-state index contributed by atoms with van der Waals surface area (Å²) < 4.78 is 1.88. The average Bonchev–Trinajstić information content (AvgIpc) is 2.58. The molecule has 1 aromatic carbocycles. The van der Waals surface area contributed by atoms with E-state index >= 15 is 0 Å². The summed E-state index contributed by atoms with van der Waals surface area (Å²) in [4.78, 5) is 0. The summed E-state index contributed by atoms with van der Waals surface area (Å²) >= 11 is 8.84. The van der Waals surface area contributed by atoms with Crippen molar-refractivity contribution in [2.45, 2.75) is 0 Å². The van der Waals surface area contributed by atoms with E-state index in [1.807, 2.05) is 18.2 Å². The molecule has 4 nitrogen and oxygen atoms in total. The first-order valence-corrected chi connectivity index (χ1v) is 7.24. The Kier molecular flexibility index (Phi) is 3.85. The predicted molar refractivity (Wildman–Crippen MR) is 70.6 cm³/mol. The Labute approximate surface area is 115 Å². The SMILES string of the molecule is Clc1ccccc1N=Nc1c([AsH2])n[nH]c1[AsH2]. The van der Waals surface area contributed by atoms with Crippen molar-refractivity contribution >= 4 is 65.6 Å². The Hall–Kier alpha value is -0.563. The van der Waals surface area contributed by atoms with Crippen LogP contribution in [-0.2, 0) is 0 Å². The number of rotatable bonds is 2. The number of aromatic amines is 1. The van der Waals surface area contributed by atoms with E-state index in [-0.39, 0.29) is 0 Å². The first kappa shape index (κ1) is 11.9. The van der Waals surface area contributed by atoms with Crippen LogP contribution in [0.3, 0.4) is 0 Å². The molecule has 0 aliphatic carbocycles. The molecule has 2 aromatic rings. The number of H-pyrrole nitrogens is 1. The van der Waals surface area contributed by atoms with Crippen molar-refractivity contribution in [1.29, 1.82) is 0 Å². The van der Waals surface area contributed by atoms with Crippen LogP contribution in [-0.4, -0.2) is 43.9 Å². The molecule has 1 aromatic heterocycles. The van der Waals surface area contributed by atoms with Gasteiger partial charge in [-0.15, -0.1) is 0 Å². The fraction of sp³-hybridized carbons (Fsp3) is 0. The molecular formula is C9H9As2ClN4. The zero-order valence-electron chi connectivity index (χ0n) is 8.18. The van der Waals surface area contributed by atoms with E-state index in [2.05, 4.69) is 20.4 Å². The molecule has 0 saturated heterocycles. The summed E-state index contributed by atoms with van der Waals surface area (Å²) in [6, 6.07) is 7.36. The van der Waals surface area contributed by atoms with Gasteiger partial charge in [0.1, 0.15) is 0 Å². The third-order valence-corrected chi connectivity index (χ3v) is 3.91. The average molecular weight is 358 g/mol. The molecule has 82 valence electrons. The zero-order chi connectivity index (χ0) is 11.5. The van der Waals surface area contributed by atoms with Gasteiger partial charge in [-0.3, -0.25) is 0 Å². The normalized spacial score (nSPS) is 11.2. The van der Waals surface area contributed by atoms with Crippen molar-refractivity contribution in [3.8, 4) is 0 Å². The third-order valence-electron chi connectivity index (χ3n) is 1.90. The van der Waals surface area contributed by atoms with Gasteiger partial charge in [0.05, 0.1) is 0 Å². The number of hydrogen-bond acceptors (Lipinski definition) is 3. The summed E-state index contributed by atoms with van der Waals surface area (Å²) in [5.41, 5.74) is 1.49. The van der Waals surface area contributed by atoms with E-state index in [1.54, 1.807) is 6.07 Å². The standard InChI is InChI=1S/C9H9As2ClN4/c10-8-7(9(11)16-15-8)14-13-6-4-2-1-3-5(6)12/h1-4H,10-11H2,(H,15,16). The molecule has 0 saturated carbocycles. The molecule has 0 bridgehead atoms. The molecule has 0 spiro atoms. The van der Waals surface area contributed by atoms with Crippen LogP contribution < -0.4 is 8.96 Å². The van der Waals surface area contributed by atoms with Gasteiger partial charge in [-0.2, -0.15) is 0 Å². The van der Waals surface area contributed by atoms with Crippen molar-refractivity contribution in [1.82, 2.24) is 10.2 Å². The summed E-state index contributed by atoms with van der Waals surface area (Å²) in [5, 5.41) is 15.9. The van der Waals surface area contributed by atoms with Gasteiger partial charge in [-0.25, -0.2) is 0 Å². The van der Waals surface area contributed by atoms with Crippen LogP contribution in [0, 0.1) is 0 Å². The molecule has 0 aliphatic heterocycles. The fourth-order valence-electron chi connectivity index (χ4n) is 1.11. The number of aromatic nitrogens is 2. The number of azo groups is 1. The van der Waals surface area contributed by atoms with Crippen LogP contribution >= 0.6 is 11.6 Å². The minimum atomic E-state index is 0.598. The Balaban J connectivity index is 2.32. The van der Waals surface area contributed by atoms with Crippen molar-refractivity contribution in [2.75, 3.05) is 0 Å². The zero-order valence-corrected chi connectivity index (χ0v) is 13.8. The predicted octanol–water partition coefficient (Wildman–Crippen LogP) is -0.00470. The molecule has 2 atom stereocenters. The second-order valence-corrected chi connectivity index (χ2v) is 5.79. The van der Waals surface area contributed by atoms with E-state index in [0.717, 1.165) is 14.7 Å². The molecule has 1 heterocycles. The Morgan fingerprint density at radius 3 is 2.56 bits per heavy atom. The van der Waals surface area contributed by atoms with Gasteiger partial charge in [0, 0.05) is 0 Å². The maximum absolute atomic E-state index is 5.97. The second kappa shape index (κ2) is 5.18. The maximum atomic E-state index is 5.97. The quantitative estimate of drug-likeness (QED) is 0.596. The minimum absolute atomic E-state index is 0.598. The van der Waals surface area contributed by atoms with Gasteiger partial charge >= 0.3 is 115 Å². The van der Waals surface area contributed by atoms with Gasteiger partial charge in [0.25, 0.3) is 0 Å². The van der Waals surface area contributed by atoms with E-state index in [9.17, 15) is 0 Å². The number of hydrogen-bond donors (Lipinski definition) is 1. The van der Waals surface area contributed by atoms with Crippen LogP contribution in [0.4, 0.5) is 11.4 Å². The molecule has 1 N–H and O–H groups in total. The summed E-state index contributed by atoms with van der Waals surface area (Å²) in [6.45, 7) is 0. The van der Waals surface area contributed by atoms with Gasteiger partial charge < -0.3 is 0 Å². The van der Waals surface area contributed by atoms with Crippen LogP contribution in [0.5, 0.6) is 0 Å². The van der Waals surface area contributed by atoms with Crippen LogP contribution in [0.25, 0.3) is 0 Å². The van der Waals surface area contributed by atoms with E-state index in [4.69, 9.17) is 11.6 Å². The van der Waals surface area contributed by atoms with Crippen LogP contribution in [0.2, 0.25) is 5.02 Å². The molecule has 16 heavy (non-hydrogen) atoms. The molecule has 0 radical (unpaired) electrons. The molecule has 7 heteroatoms. The van der Waals surface area contributed by atoms with E-state index < -0.39 is 0 Å². The first-order valence-electron chi connectivity index (χ1n) is 4.44. The van der Waals surface area contributed by atoms with E-state index in [0.29, 0.717) is 10.7 Å². The van der Waals surface area contributed by atoms with Crippen LogP contribution in [0.1, 0.15) is 0 Å². The number of nitrogens with zero attached hydrogens (tertiary/aromatic N) is 3. The molecule has 2 unspecified atom stereocenters. The third kappa shape index (κ3) is 2.57. The molecule has 2 rings (SSSR count). The van der Waals surface area contributed by atoms with Gasteiger partial charge in [-0.1, -0.05) is 0 Å². The van der Waals surface area contributed by atoms with E-state index in [1.165, 1.54) is 33.7 Å². The molecule has 0 amide bonds. The van der Waals surface area contributed by atoms with Crippen LogP contribution in [0.15, 0.2) is 34.5 Å². The number of nitrogens with one attached hydrogen (secondary N) is 1. The molecule has 0 fully saturated rings. The van der Waals surface area contributed by atoms with Gasteiger partial charge in [0.15, 0.2) is 0 Å². The first-order chi connectivity index (χ1) is 7.68. The number of benzene rings is 1. The summed E-state index contributed by atoms with van der Waals surface area (Å²) in [5.74, 6) is 0. The van der Waals surface area contributed by atoms with Crippen molar-refractivity contribution in [3.63, 3.8) is 0 Å². The summed E-state index contributed by atoms with van der Waals surface area (Å²) in [6.07, 6.45) is 0. The Bertz CT molecular complexity index is 519.